The predicted molar refractivity (Wildman–Crippen MR) is 233 cm³/mol. The molecular formula is C48H99F3N2. The normalized spacial score (nSPS) is 19.7. The lowest BCUT2D eigenvalue weighted by molar-refractivity contribution is -0.114. The Morgan fingerprint density at radius 3 is 1.13 bits per heavy atom. The number of rotatable bonds is 15. The third-order valence-corrected chi connectivity index (χ3v) is 11.0. The van der Waals surface area contributed by atoms with Gasteiger partial charge in [0.2, 0.25) is 5.92 Å². The SMILES string of the molecule is CC(C)CC1(C)CCC1.CC(C)CC1(F)CCC1.CC(C)CC1CC(F)(F)C1.CC(C)CC1CCC1.CC(C)CCCN(C)C.CC(C)CCN(C)C. The van der Waals surface area contributed by atoms with Crippen LogP contribution in [0.3, 0.4) is 0 Å². The molecule has 0 heterocycles. The van der Waals surface area contributed by atoms with E-state index in [1.165, 1.54) is 83.7 Å². The van der Waals surface area contributed by atoms with Crippen LogP contribution in [0, 0.1) is 52.8 Å². The van der Waals surface area contributed by atoms with Crippen LogP contribution in [0.2, 0.25) is 0 Å². The fourth-order valence-electron chi connectivity index (χ4n) is 7.81. The topological polar surface area (TPSA) is 6.48 Å². The maximum absolute atomic E-state index is 13.2. The number of halogens is 3. The molecule has 0 N–H and O–H groups in total. The Morgan fingerprint density at radius 2 is 0.943 bits per heavy atom. The van der Waals surface area contributed by atoms with E-state index in [1.807, 2.05) is 0 Å². The Hall–Kier alpha value is -0.290. The largest absolute Gasteiger partial charge is 0.309 e. The van der Waals surface area contributed by atoms with E-state index in [9.17, 15) is 13.2 Å². The van der Waals surface area contributed by atoms with Crippen molar-refractivity contribution in [3.8, 4) is 0 Å². The molecule has 4 fully saturated rings. The monoisotopic (exact) mass is 761 g/mol. The van der Waals surface area contributed by atoms with Crippen LogP contribution in [-0.4, -0.2) is 62.7 Å². The molecule has 4 rings (SSSR count). The van der Waals surface area contributed by atoms with Crippen LogP contribution in [0.25, 0.3) is 0 Å². The molecule has 0 saturated heterocycles. The van der Waals surface area contributed by atoms with Crippen molar-refractivity contribution in [2.45, 2.75) is 217 Å². The highest BCUT2D eigenvalue weighted by Crippen LogP contribution is 2.46. The maximum Gasteiger partial charge on any atom is 0.248 e. The van der Waals surface area contributed by atoms with Gasteiger partial charge in [0.1, 0.15) is 5.67 Å². The summed E-state index contributed by atoms with van der Waals surface area (Å²) in [5.41, 5.74) is -0.0116. The lowest BCUT2D eigenvalue weighted by Gasteiger charge is -2.39. The first kappa shape index (κ1) is 54.8. The van der Waals surface area contributed by atoms with Crippen molar-refractivity contribution in [2.75, 3.05) is 41.3 Å². The summed E-state index contributed by atoms with van der Waals surface area (Å²) in [4.78, 5) is 4.46. The summed E-state index contributed by atoms with van der Waals surface area (Å²) in [6.45, 7) is 31.5. The molecule has 2 nitrogen and oxygen atoms in total. The predicted octanol–water partition coefficient (Wildman–Crippen LogP) is 15.6. The van der Waals surface area contributed by atoms with E-state index in [4.69, 9.17) is 0 Å². The summed E-state index contributed by atoms with van der Waals surface area (Å²) in [7, 11) is 8.48. The molecular weight excluding hydrogens is 662 g/mol. The van der Waals surface area contributed by atoms with Crippen molar-refractivity contribution < 1.29 is 13.2 Å². The summed E-state index contributed by atoms with van der Waals surface area (Å²) in [6.07, 6.45) is 20.6. The first-order chi connectivity index (χ1) is 24.3. The zero-order valence-electron chi connectivity index (χ0n) is 39.3. The molecule has 0 bridgehead atoms. The van der Waals surface area contributed by atoms with Crippen molar-refractivity contribution in [3.05, 3.63) is 0 Å². The van der Waals surface area contributed by atoms with Crippen LogP contribution >= 0.6 is 0 Å². The van der Waals surface area contributed by atoms with E-state index in [0.717, 1.165) is 67.1 Å². The van der Waals surface area contributed by atoms with Crippen molar-refractivity contribution in [1.82, 2.24) is 9.80 Å². The van der Waals surface area contributed by atoms with Gasteiger partial charge in [-0.1, -0.05) is 116 Å². The zero-order valence-corrected chi connectivity index (χ0v) is 39.3. The second kappa shape index (κ2) is 29.0. The summed E-state index contributed by atoms with van der Waals surface area (Å²) in [5.74, 6) is 3.72. The maximum atomic E-state index is 13.2. The minimum Gasteiger partial charge on any atom is -0.309 e. The second-order valence-corrected chi connectivity index (χ2v) is 21.4. The van der Waals surface area contributed by atoms with Crippen LogP contribution in [0.5, 0.6) is 0 Å². The smallest absolute Gasteiger partial charge is 0.248 e. The van der Waals surface area contributed by atoms with E-state index >= 15 is 0 Å². The molecule has 0 amide bonds. The van der Waals surface area contributed by atoms with E-state index in [-0.39, 0.29) is 12.8 Å². The Kier molecular flexibility index (Phi) is 30.0. The Bertz CT molecular complexity index is 768. The number of hydrogen-bond acceptors (Lipinski definition) is 2. The molecule has 0 aliphatic heterocycles. The van der Waals surface area contributed by atoms with Crippen molar-refractivity contribution in [2.24, 2.45) is 52.8 Å². The van der Waals surface area contributed by atoms with Gasteiger partial charge in [0.25, 0.3) is 0 Å². The summed E-state index contributed by atoms with van der Waals surface area (Å²) in [6, 6.07) is 0. The standard InChI is InChI=1S/C9H18.C8H14F2.C8H15F.C8H19N.C8H16.C7H17N/c1-8(2)7-9(3)5-4-6-9;1-6(2)3-7-4-8(9,10)5-7;1-7(2)6-8(9)4-3-5-8;1-8(2)6-5-7-9(3)4;1-7(2)6-8-4-3-5-8;1-7(2)5-6-8(3)4/h8H,4-7H2,1-3H3;6-7H,3-5H2,1-2H3;7H,3-6H2,1-2H3;8H,5-7H2,1-4H3;7-8H,3-6H2,1-2H3;7H,5-6H2,1-4H3. The Labute approximate surface area is 333 Å². The van der Waals surface area contributed by atoms with Gasteiger partial charge >= 0.3 is 0 Å². The molecule has 0 atom stereocenters. The van der Waals surface area contributed by atoms with E-state index in [2.05, 4.69) is 128 Å². The van der Waals surface area contributed by atoms with Crippen LogP contribution in [-0.2, 0) is 0 Å². The van der Waals surface area contributed by atoms with Crippen LogP contribution < -0.4 is 0 Å². The van der Waals surface area contributed by atoms with Crippen LogP contribution in [0.1, 0.15) is 206 Å². The van der Waals surface area contributed by atoms with Crippen LogP contribution in [0.15, 0.2) is 0 Å². The minimum absolute atomic E-state index is 0.130. The highest BCUT2D eigenvalue weighted by atomic mass is 19.3. The Morgan fingerprint density at radius 1 is 0.509 bits per heavy atom. The van der Waals surface area contributed by atoms with Gasteiger partial charge in [0, 0.05) is 12.8 Å². The van der Waals surface area contributed by atoms with Gasteiger partial charge in [-0.05, 0) is 171 Å². The van der Waals surface area contributed by atoms with Crippen LogP contribution in [0.4, 0.5) is 13.2 Å². The average Bonchev–Trinajstić information content (AvgIpc) is 2.92. The highest BCUT2D eigenvalue weighted by Gasteiger charge is 2.44. The molecule has 0 aromatic carbocycles. The second-order valence-electron chi connectivity index (χ2n) is 21.4. The van der Waals surface area contributed by atoms with Crippen molar-refractivity contribution in [1.29, 1.82) is 0 Å². The van der Waals surface area contributed by atoms with Gasteiger partial charge in [-0.15, -0.1) is 0 Å². The lowest BCUT2D eigenvalue weighted by Crippen LogP contribution is -2.35. The Balaban J connectivity index is 0. The first-order valence-corrected chi connectivity index (χ1v) is 22.6. The average molecular weight is 761 g/mol. The third kappa shape index (κ3) is 34.7. The minimum atomic E-state index is -2.32. The molecule has 5 heteroatoms. The lowest BCUT2D eigenvalue weighted by atomic mass is 9.66. The molecule has 4 saturated carbocycles. The molecule has 322 valence electrons. The molecule has 0 unspecified atom stereocenters. The summed E-state index contributed by atoms with van der Waals surface area (Å²) in [5, 5.41) is 0. The molecule has 0 spiro atoms. The van der Waals surface area contributed by atoms with E-state index in [1.54, 1.807) is 0 Å². The van der Waals surface area contributed by atoms with Crippen molar-refractivity contribution in [3.63, 3.8) is 0 Å². The summed E-state index contributed by atoms with van der Waals surface area (Å²) >= 11 is 0. The molecule has 53 heavy (non-hydrogen) atoms. The van der Waals surface area contributed by atoms with Gasteiger partial charge in [-0.25, -0.2) is 13.2 Å². The molecule has 0 aromatic rings. The van der Waals surface area contributed by atoms with Crippen molar-refractivity contribution >= 4 is 0 Å². The fourth-order valence-corrected chi connectivity index (χ4v) is 7.81. The quantitative estimate of drug-likeness (QED) is 0.164. The van der Waals surface area contributed by atoms with Gasteiger partial charge < -0.3 is 9.80 Å². The number of alkyl halides is 3. The summed E-state index contributed by atoms with van der Waals surface area (Å²) < 4.78 is 37.6. The highest BCUT2D eigenvalue weighted by molar-refractivity contribution is 4.88. The number of hydrogen-bond donors (Lipinski definition) is 0. The van der Waals surface area contributed by atoms with E-state index in [0.29, 0.717) is 17.8 Å². The molecule has 0 aromatic heterocycles. The fraction of sp³-hybridized carbons (Fsp3) is 1.00. The van der Waals surface area contributed by atoms with E-state index < -0.39 is 11.6 Å². The number of nitrogens with zero attached hydrogens (tertiary/aromatic N) is 2. The van der Waals surface area contributed by atoms with Gasteiger partial charge in [0.05, 0.1) is 0 Å². The molecule has 4 aliphatic carbocycles. The van der Waals surface area contributed by atoms with Gasteiger partial charge in [-0.3, -0.25) is 0 Å². The first-order valence-electron chi connectivity index (χ1n) is 22.6. The van der Waals surface area contributed by atoms with Gasteiger partial charge in [-0.2, -0.15) is 0 Å². The zero-order chi connectivity index (χ0) is 41.4. The third-order valence-electron chi connectivity index (χ3n) is 11.0. The molecule has 0 radical (unpaired) electrons. The van der Waals surface area contributed by atoms with Gasteiger partial charge in [0.15, 0.2) is 0 Å². The molecule has 4 aliphatic rings.